The van der Waals surface area contributed by atoms with Crippen LogP contribution in [0, 0.1) is 0 Å². The molecular formula is C14H21ClN2O. The van der Waals surface area contributed by atoms with Crippen molar-refractivity contribution < 1.29 is 4.74 Å². The first-order valence-electron chi connectivity index (χ1n) is 6.46. The van der Waals surface area contributed by atoms with E-state index in [0.29, 0.717) is 6.04 Å². The summed E-state index contributed by atoms with van der Waals surface area (Å²) in [5.74, 6) is 0. The highest BCUT2D eigenvalue weighted by atomic mass is 35.5. The van der Waals surface area contributed by atoms with E-state index in [9.17, 15) is 0 Å². The van der Waals surface area contributed by atoms with Crippen molar-refractivity contribution >= 4 is 17.3 Å². The molecule has 0 radical (unpaired) electrons. The van der Waals surface area contributed by atoms with E-state index >= 15 is 0 Å². The molecule has 0 aromatic heterocycles. The van der Waals surface area contributed by atoms with Crippen LogP contribution in [-0.4, -0.2) is 33.4 Å². The maximum atomic E-state index is 6.38. The zero-order valence-electron chi connectivity index (χ0n) is 11.1. The summed E-state index contributed by atoms with van der Waals surface area (Å²) in [7, 11) is 4.09. The lowest BCUT2D eigenvalue weighted by Crippen LogP contribution is -2.37. The summed E-state index contributed by atoms with van der Waals surface area (Å²) in [6, 6.07) is 6.63. The Hall–Kier alpha value is -0.770. The van der Waals surface area contributed by atoms with Gasteiger partial charge in [0.15, 0.2) is 0 Å². The predicted octanol–water partition coefficient (Wildman–Crippen LogP) is 2.67. The van der Waals surface area contributed by atoms with E-state index in [0.717, 1.165) is 43.3 Å². The molecule has 0 atom stereocenters. The fourth-order valence-electron chi connectivity index (χ4n) is 2.54. The second-order valence-corrected chi connectivity index (χ2v) is 5.14. The van der Waals surface area contributed by atoms with Crippen molar-refractivity contribution in [2.24, 2.45) is 0 Å². The first-order chi connectivity index (χ1) is 8.74. The summed E-state index contributed by atoms with van der Waals surface area (Å²) in [4.78, 5) is 2.32. The van der Waals surface area contributed by atoms with Gasteiger partial charge in [0.25, 0.3) is 0 Å². The van der Waals surface area contributed by atoms with Gasteiger partial charge in [0.05, 0.1) is 10.7 Å². The number of nitrogens with one attached hydrogen (secondary N) is 1. The summed E-state index contributed by atoms with van der Waals surface area (Å²) in [6.45, 7) is 2.53. The smallest absolute Gasteiger partial charge is 0.0642 e. The summed E-state index contributed by atoms with van der Waals surface area (Å²) in [5.41, 5.74) is 2.40. The molecule has 0 spiro atoms. The Morgan fingerprint density at radius 2 is 2.11 bits per heavy atom. The van der Waals surface area contributed by atoms with Crippen LogP contribution in [0.15, 0.2) is 18.2 Å². The quantitative estimate of drug-likeness (QED) is 0.909. The first kappa shape index (κ1) is 13.7. The second-order valence-electron chi connectivity index (χ2n) is 4.73. The van der Waals surface area contributed by atoms with Crippen molar-refractivity contribution in [2.75, 3.05) is 32.2 Å². The van der Waals surface area contributed by atoms with Gasteiger partial charge in [-0.05, 0) is 31.5 Å². The van der Waals surface area contributed by atoms with E-state index in [1.54, 1.807) is 0 Å². The van der Waals surface area contributed by atoms with Crippen LogP contribution >= 0.6 is 11.6 Å². The second kappa shape index (κ2) is 6.41. The normalized spacial score (nSPS) is 16.8. The molecule has 100 valence electrons. The average molecular weight is 269 g/mol. The third-order valence-electron chi connectivity index (χ3n) is 3.53. The first-order valence-corrected chi connectivity index (χ1v) is 6.84. The zero-order chi connectivity index (χ0) is 13.0. The van der Waals surface area contributed by atoms with Crippen LogP contribution < -0.4 is 10.2 Å². The Balaban J connectivity index is 2.24. The molecule has 0 saturated carbocycles. The fraction of sp³-hybridized carbons (Fsp3) is 0.571. The molecule has 0 amide bonds. The molecule has 1 aliphatic heterocycles. The van der Waals surface area contributed by atoms with Crippen molar-refractivity contribution in [1.29, 1.82) is 0 Å². The fourth-order valence-corrected chi connectivity index (χ4v) is 2.87. The molecule has 0 aliphatic carbocycles. The molecule has 1 aromatic carbocycles. The monoisotopic (exact) mass is 268 g/mol. The van der Waals surface area contributed by atoms with Gasteiger partial charge in [0, 0.05) is 32.8 Å². The van der Waals surface area contributed by atoms with Gasteiger partial charge >= 0.3 is 0 Å². The molecule has 1 aromatic rings. The van der Waals surface area contributed by atoms with Gasteiger partial charge < -0.3 is 15.0 Å². The third kappa shape index (κ3) is 2.97. The van der Waals surface area contributed by atoms with Gasteiger partial charge in [0.2, 0.25) is 0 Å². The van der Waals surface area contributed by atoms with E-state index in [1.165, 1.54) is 5.56 Å². The van der Waals surface area contributed by atoms with Crippen LogP contribution in [0.4, 0.5) is 5.69 Å². The summed E-state index contributed by atoms with van der Waals surface area (Å²) in [6.07, 6.45) is 2.14. The van der Waals surface area contributed by atoms with Gasteiger partial charge in [0.1, 0.15) is 0 Å². The predicted molar refractivity (Wildman–Crippen MR) is 76.5 cm³/mol. The number of benzene rings is 1. The Morgan fingerprint density at radius 3 is 2.78 bits per heavy atom. The molecule has 0 bridgehead atoms. The molecule has 1 aliphatic rings. The van der Waals surface area contributed by atoms with E-state index < -0.39 is 0 Å². The molecule has 1 fully saturated rings. The number of ether oxygens (including phenoxy) is 1. The van der Waals surface area contributed by atoms with Gasteiger partial charge in [-0.25, -0.2) is 0 Å². The SMILES string of the molecule is CNCc1cccc(Cl)c1N(C)C1CCOCC1. The number of halogens is 1. The minimum Gasteiger partial charge on any atom is -0.381 e. The number of hydrogen-bond acceptors (Lipinski definition) is 3. The third-order valence-corrected chi connectivity index (χ3v) is 3.83. The van der Waals surface area contributed by atoms with Gasteiger partial charge in [-0.1, -0.05) is 23.7 Å². The van der Waals surface area contributed by atoms with E-state index in [4.69, 9.17) is 16.3 Å². The minimum atomic E-state index is 0.522. The molecule has 2 rings (SSSR count). The lowest BCUT2D eigenvalue weighted by Gasteiger charge is -2.34. The van der Waals surface area contributed by atoms with Crippen molar-refractivity contribution in [3.05, 3.63) is 28.8 Å². The Bertz CT molecular complexity index is 391. The minimum absolute atomic E-state index is 0.522. The summed E-state index contributed by atoms with van der Waals surface area (Å²) < 4.78 is 5.42. The summed E-state index contributed by atoms with van der Waals surface area (Å²) in [5, 5.41) is 4.03. The number of rotatable bonds is 4. The maximum absolute atomic E-state index is 6.38. The number of para-hydroxylation sites is 1. The van der Waals surface area contributed by atoms with E-state index in [-0.39, 0.29) is 0 Å². The van der Waals surface area contributed by atoms with Gasteiger partial charge in [-0.15, -0.1) is 0 Å². The molecule has 3 nitrogen and oxygen atoms in total. The number of nitrogens with zero attached hydrogens (tertiary/aromatic N) is 1. The number of hydrogen-bond donors (Lipinski definition) is 1. The topological polar surface area (TPSA) is 24.5 Å². The average Bonchev–Trinajstić information content (AvgIpc) is 2.40. The maximum Gasteiger partial charge on any atom is 0.0642 e. The van der Waals surface area contributed by atoms with Crippen LogP contribution in [-0.2, 0) is 11.3 Å². The molecule has 0 unspecified atom stereocenters. The van der Waals surface area contributed by atoms with Crippen molar-refractivity contribution in [3.8, 4) is 0 Å². The largest absolute Gasteiger partial charge is 0.381 e. The standard InChI is InChI=1S/C14H21ClN2O/c1-16-10-11-4-3-5-13(15)14(11)17(2)12-6-8-18-9-7-12/h3-5,12,16H,6-10H2,1-2H3. The molecule has 1 saturated heterocycles. The van der Waals surface area contributed by atoms with Crippen LogP contribution in [0.3, 0.4) is 0 Å². The molecular weight excluding hydrogens is 248 g/mol. The van der Waals surface area contributed by atoms with Crippen LogP contribution in [0.25, 0.3) is 0 Å². The van der Waals surface area contributed by atoms with Gasteiger partial charge in [-0.3, -0.25) is 0 Å². The van der Waals surface area contributed by atoms with E-state index in [1.807, 2.05) is 19.2 Å². The number of anilines is 1. The highest BCUT2D eigenvalue weighted by Crippen LogP contribution is 2.32. The molecule has 4 heteroatoms. The Kier molecular flexibility index (Phi) is 4.87. The van der Waals surface area contributed by atoms with Crippen molar-refractivity contribution in [1.82, 2.24) is 5.32 Å². The molecule has 1 heterocycles. The van der Waals surface area contributed by atoms with Crippen LogP contribution in [0.5, 0.6) is 0 Å². The molecule has 1 N–H and O–H groups in total. The lowest BCUT2D eigenvalue weighted by molar-refractivity contribution is 0.0854. The van der Waals surface area contributed by atoms with Crippen LogP contribution in [0.2, 0.25) is 5.02 Å². The summed E-state index contributed by atoms with van der Waals surface area (Å²) >= 11 is 6.38. The zero-order valence-corrected chi connectivity index (χ0v) is 11.8. The van der Waals surface area contributed by atoms with Crippen molar-refractivity contribution in [2.45, 2.75) is 25.4 Å². The Labute approximate surface area is 114 Å². The van der Waals surface area contributed by atoms with E-state index in [2.05, 4.69) is 23.3 Å². The van der Waals surface area contributed by atoms with Gasteiger partial charge in [-0.2, -0.15) is 0 Å². The van der Waals surface area contributed by atoms with Crippen molar-refractivity contribution in [3.63, 3.8) is 0 Å². The van der Waals surface area contributed by atoms with Crippen LogP contribution in [0.1, 0.15) is 18.4 Å². The highest BCUT2D eigenvalue weighted by Gasteiger charge is 2.22. The highest BCUT2D eigenvalue weighted by molar-refractivity contribution is 6.33. The Morgan fingerprint density at radius 1 is 1.39 bits per heavy atom. The lowest BCUT2D eigenvalue weighted by atomic mass is 10.0. The molecule has 18 heavy (non-hydrogen) atoms.